The zero-order valence-corrected chi connectivity index (χ0v) is 9.52. The molecule has 10 heavy (non-hydrogen) atoms. The topological polar surface area (TPSA) is 20.3 Å². The van der Waals surface area contributed by atoms with Gasteiger partial charge in [-0.2, -0.15) is 0 Å². The Balaban J connectivity index is 2.57. The van der Waals surface area contributed by atoms with Crippen LogP contribution in [0.2, 0.25) is 4.98 Å². The number of carbonyl (C=O) groups excluding carboxylic acids is 1. The van der Waals surface area contributed by atoms with Gasteiger partial charge in [-0.05, 0) is 0 Å². The number of nitrogens with zero attached hydrogens (tertiary/aromatic N) is 1. The van der Waals surface area contributed by atoms with Crippen LogP contribution in [-0.2, 0) is 0 Å². The third-order valence-electron chi connectivity index (χ3n) is 1.93. The molecule has 0 unspecified atom stereocenters. The van der Waals surface area contributed by atoms with Crippen LogP contribution in [0.25, 0.3) is 0 Å². The van der Waals surface area contributed by atoms with Crippen LogP contribution in [-0.4, -0.2) is 40.4 Å². The van der Waals surface area contributed by atoms with Crippen LogP contribution >= 0.6 is 0 Å². The van der Waals surface area contributed by atoms with Crippen molar-refractivity contribution in [1.29, 1.82) is 0 Å². The normalized spacial score (nSPS) is 23.2. The van der Waals surface area contributed by atoms with E-state index < -0.39 is 17.4 Å². The fourth-order valence-corrected chi connectivity index (χ4v) is 4.26. The molecule has 1 aliphatic heterocycles. The van der Waals surface area contributed by atoms with Crippen molar-refractivity contribution in [2.75, 3.05) is 13.6 Å². The number of likely N-dealkylation sites (N-methyl/N-ethyl adjacent to an activating group) is 1. The SMILES string of the molecule is C/C=C1\[CH2][GaH][C](=O)N(C)C1. The van der Waals surface area contributed by atoms with Crippen LogP contribution in [0, 0.1) is 0 Å². The summed E-state index contributed by atoms with van der Waals surface area (Å²) in [5, 5.41) is 0. The molecule has 1 rings (SSSR count). The van der Waals surface area contributed by atoms with E-state index in [-0.39, 0.29) is 0 Å². The van der Waals surface area contributed by atoms with Crippen molar-refractivity contribution in [3.63, 3.8) is 0 Å². The van der Waals surface area contributed by atoms with Gasteiger partial charge < -0.3 is 0 Å². The van der Waals surface area contributed by atoms with E-state index in [1.807, 2.05) is 11.9 Å². The Morgan fingerprint density at radius 3 is 2.90 bits per heavy atom. The molecule has 0 aliphatic carbocycles. The summed E-state index contributed by atoms with van der Waals surface area (Å²) in [7, 11) is 1.90. The summed E-state index contributed by atoms with van der Waals surface area (Å²) in [5.74, 6) is 0. The monoisotopic (exact) mass is 195 g/mol. The van der Waals surface area contributed by atoms with Gasteiger partial charge >= 0.3 is 68.7 Å². The average molecular weight is 196 g/mol. The van der Waals surface area contributed by atoms with Crippen LogP contribution in [0.1, 0.15) is 6.92 Å². The van der Waals surface area contributed by atoms with Gasteiger partial charge in [-0.25, -0.2) is 0 Å². The van der Waals surface area contributed by atoms with Gasteiger partial charge in [-0.1, -0.05) is 0 Å². The fraction of sp³-hybridized carbons (Fsp3) is 0.571. The molecule has 0 N–H and O–H groups in total. The molecule has 2 nitrogen and oxygen atoms in total. The Hall–Kier alpha value is -0.154. The number of allylic oxidation sites excluding steroid dienone is 1. The zero-order valence-electron chi connectivity index (χ0n) is 6.55. The quantitative estimate of drug-likeness (QED) is 0.415. The summed E-state index contributed by atoms with van der Waals surface area (Å²) in [6.07, 6.45) is 2.15. The van der Waals surface area contributed by atoms with E-state index in [4.69, 9.17) is 0 Å². The summed E-state index contributed by atoms with van der Waals surface area (Å²) in [6.45, 7) is 2.93. The number of amides is 1. The van der Waals surface area contributed by atoms with Gasteiger partial charge in [0, 0.05) is 0 Å². The molecule has 1 fully saturated rings. The Morgan fingerprint density at radius 1 is 1.70 bits per heavy atom. The number of hydrogen-bond acceptors (Lipinski definition) is 1. The minimum absolute atomic E-state index is 0.457. The first-order valence-electron chi connectivity index (χ1n) is 3.62. The van der Waals surface area contributed by atoms with E-state index in [0.29, 0.717) is 4.46 Å². The Morgan fingerprint density at radius 2 is 2.40 bits per heavy atom. The second-order valence-electron chi connectivity index (χ2n) is 2.70. The molecule has 0 bridgehead atoms. The second-order valence-corrected chi connectivity index (χ2v) is 6.06. The first-order valence-corrected chi connectivity index (χ1v) is 7.20. The van der Waals surface area contributed by atoms with Crippen molar-refractivity contribution < 1.29 is 4.79 Å². The van der Waals surface area contributed by atoms with Crippen molar-refractivity contribution in [2.45, 2.75) is 11.9 Å². The fourth-order valence-electron chi connectivity index (χ4n) is 1.17. The Kier molecular flexibility index (Phi) is 2.62. The molecule has 0 aromatic heterocycles. The van der Waals surface area contributed by atoms with Crippen LogP contribution in [0.4, 0.5) is 4.79 Å². The molecule has 54 valence electrons. The summed E-state index contributed by atoms with van der Waals surface area (Å²) in [4.78, 5) is 14.0. The van der Waals surface area contributed by atoms with Gasteiger partial charge in [0.25, 0.3) is 0 Å². The van der Waals surface area contributed by atoms with Crippen LogP contribution in [0.3, 0.4) is 0 Å². The Bertz CT molecular complexity index is 176. The molecule has 0 spiro atoms. The third-order valence-corrected chi connectivity index (χ3v) is 5.84. The molecule has 0 aromatic carbocycles. The van der Waals surface area contributed by atoms with E-state index in [2.05, 4.69) is 13.0 Å². The minimum atomic E-state index is -0.855. The zero-order chi connectivity index (χ0) is 7.56. The predicted octanol–water partition coefficient (Wildman–Crippen LogP) is 0.853. The van der Waals surface area contributed by atoms with Crippen LogP contribution in [0.5, 0.6) is 0 Å². The maximum atomic E-state index is 11.0. The summed E-state index contributed by atoms with van der Waals surface area (Å²) < 4.78 is 0.457. The molecule has 1 aliphatic rings. The molecule has 0 saturated carbocycles. The van der Waals surface area contributed by atoms with Crippen molar-refractivity contribution in [3.8, 4) is 0 Å². The molecule has 1 saturated heterocycles. The Labute approximate surface area is 69.1 Å². The van der Waals surface area contributed by atoms with Gasteiger partial charge in [-0.3, -0.25) is 0 Å². The van der Waals surface area contributed by atoms with E-state index in [0.717, 1.165) is 11.5 Å². The van der Waals surface area contributed by atoms with E-state index in [9.17, 15) is 4.79 Å². The summed E-state index contributed by atoms with van der Waals surface area (Å²) in [5.41, 5.74) is 1.46. The van der Waals surface area contributed by atoms with Gasteiger partial charge in [-0.15, -0.1) is 0 Å². The number of rotatable bonds is 0. The summed E-state index contributed by atoms with van der Waals surface area (Å²) >= 11 is -0.855. The first-order chi connectivity index (χ1) is 4.74. The van der Waals surface area contributed by atoms with Crippen LogP contribution in [0.15, 0.2) is 11.6 Å². The molecule has 0 atom stereocenters. The predicted molar refractivity (Wildman–Crippen MR) is 43.7 cm³/mol. The van der Waals surface area contributed by atoms with Gasteiger partial charge in [0.2, 0.25) is 0 Å². The molecule has 1 amide bonds. The summed E-state index contributed by atoms with van der Waals surface area (Å²) in [6, 6.07) is 0. The van der Waals surface area contributed by atoms with Crippen molar-refractivity contribution in [3.05, 3.63) is 11.6 Å². The first kappa shape index (κ1) is 7.95. The average Bonchev–Trinajstić information content (AvgIpc) is 1.95. The van der Waals surface area contributed by atoms with E-state index in [1.54, 1.807) is 0 Å². The standard InChI is InChI=1S/C7H11NO.Ga.H/c1-4-7(2)5-8(3)6-9;;/h4H,2,5H2,1,3H3;;/b7-4+;;. The van der Waals surface area contributed by atoms with Gasteiger partial charge in [0.05, 0.1) is 0 Å². The van der Waals surface area contributed by atoms with Crippen molar-refractivity contribution in [2.24, 2.45) is 0 Å². The molecule has 0 radical (unpaired) electrons. The number of carbonyl (C=O) groups is 1. The maximum absolute atomic E-state index is 11.0. The molecule has 1 heterocycles. The van der Waals surface area contributed by atoms with Crippen molar-refractivity contribution >= 4 is 21.9 Å². The third kappa shape index (κ3) is 1.67. The van der Waals surface area contributed by atoms with Crippen LogP contribution < -0.4 is 0 Å². The van der Waals surface area contributed by atoms with Gasteiger partial charge in [0.15, 0.2) is 0 Å². The van der Waals surface area contributed by atoms with Crippen molar-refractivity contribution in [1.82, 2.24) is 4.90 Å². The molecule has 0 aromatic rings. The second kappa shape index (κ2) is 3.30. The van der Waals surface area contributed by atoms with Gasteiger partial charge in [0.1, 0.15) is 0 Å². The van der Waals surface area contributed by atoms with E-state index in [1.165, 1.54) is 5.57 Å². The molecule has 3 heteroatoms. The van der Waals surface area contributed by atoms with E-state index >= 15 is 0 Å². The number of hydrogen-bond donors (Lipinski definition) is 0. The molecular weight excluding hydrogens is 184 g/mol. The molecular formula is C7H12GaNO.